The lowest BCUT2D eigenvalue weighted by Crippen LogP contribution is -2.20. The number of rotatable bonds is 2. The number of fused-ring (bicyclic) bond motifs is 1. The Morgan fingerprint density at radius 1 is 1.00 bits per heavy atom. The van der Waals surface area contributed by atoms with Gasteiger partial charge in [0, 0.05) is 5.70 Å². The summed E-state index contributed by atoms with van der Waals surface area (Å²) in [5.74, 6) is 0.306. The maximum Gasteiger partial charge on any atom is 0.248 e. The van der Waals surface area contributed by atoms with Crippen molar-refractivity contribution in [3.8, 4) is 0 Å². The Labute approximate surface area is 126 Å². The average Bonchev–Trinajstić information content (AvgIpc) is 3.04. The molecule has 0 spiro atoms. The van der Waals surface area contributed by atoms with Gasteiger partial charge >= 0.3 is 0 Å². The van der Waals surface area contributed by atoms with E-state index in [9.17, 15) is 4.39 Å². The molecule has 6 heteroatoms. The highest BCUT2D eigenvalue weighted by Crippen LogP contribution is 2.31. The van der Waals surface area contributed by atoms with Crippen molar-refractivity contribution in [2.75, 3.05) is 5.32 Å². The third kappa shape index (κ3) is 2.14. The predicted octanol–water partition coefficient (Wildman–Crippen LogP) is 2.87. The zero-order valence-corrected chi connectivity index (χ0v) is 11.5. The smallest absolute Gasteiger partial charge is 0.248 e. The molecule has 0 saturated carbocycles. The third-order valence-electron chi connectivity index (χ3n) is 3.62. The van der Waals surface area contributed by atoms with E-state index < -0.39 is 0 Å². The van der Waals surface area contributed by atoms with Crippen LogP contribution < -0.4 is 5.32 Å². The van der Waals surface area contributed by atoms with E-state index in [0.29, 0.717) is 5.95 Å². The number of nitrogens with zero attached hydrogens (tertiary/aromatic N) is 4. The molecule has 4 rings (SSSR count). The van der Waals surface area contributed by atoms with Crippen LogP contribution in [0.4, 0.5) is 10.3 Å². The molecule has 108 valence electrons. The summed E-state index contributed by atoms with van der Waals surface area (Å²) in [4.78, 5) is 0. The van der Waals surface area contributed by atoms with Crippen LogP contribution in [0, 0.1) is 5.82 Å². The topological polar surface area (TPSA) is 55.6 Å². The SMILES string of the molecule is Fc1ccc(C2=C[C@H](c3ccccc3)n3nnnc3N2)cc1. The fraction of sp³-hybridized carbons (Fsp3) is 0.0625. The van der Waals surface area contributed by atoms with E-state index in [0.717, 1.165) is 16.8 Å². The Morgan fingerprint density at radius 3 is 2.55 bits per heavy atom. The molecule has 2 aromatic carbocycles. The minimum absolute atomic E-state index is 0.104. The summed E-state index contributed by atoms with van der Waals surface area (Å²) in [6.45, 7) is 0. The summed E-state index contributed by atoms with van der Waals surface area (Å²) in [5.41, 5.74) is 2.82. The second-order valence-corrected chi connectivity index (χ2v) is 5.01. The van der Waals surface area contributed by atoms with Crippen molar-refractivity contribution in [3.63, 3.8) is 0 Å². The number of hydrogen-bond donors (Lipinski definition) is 1. The van der Waals surface area contributed by atoms with Gasteiger partial charge in [-0.15, -0.1) is 0 Å². The Hall–Kier alpha value is -3.02. The molecular weight excluding hydrogens is 281 g/mol. The van der Waals surface area contributed by atoms with Crippen LogP contribution in [0.3, 0.4) is 0 Å². The molecule has 0 fully saturated rings. The maximum absolute atomic E-state index is 13.1. The van der Waals surface area contributed by atoms with Gasteiger partial charge in [0.1, 0.15) is 11.9 Å². The number of nitrogens with one attached hydrogen (secondary N) is 1. The quantitative estimate of drug-likeness (QED) is 0.789. The normalized spacial score (nSPS) is 16.6. The fourth-order valence-electron chi connectivity index (χ4n) is 2.54. The first kappa shape index (κ1) is 12.7. The summed E-state index contributed by atoms with van der Waals surface area (Å²) in [7, 11) is 0. The van der Waals surface area contributed by atoms with Crippen LogP contribution in [0.15, 0.2) is 60.7 Å². The van der Waals surface area contributed by atoms with Crippen molar-refractivity contribution in [2.45, 2.75) is 6.04 Å². The summed E-state index contributed by atoms with van der Waals surface area (Å²) in [5, 5.41) is 15.0. The molecule has 1 atom stereocenters. The molecule has 1 aromatic heterocycles. The number of aromatic nitrogens is 4. The number of allylic oxidation sites excluding steroid dienone is 1. The molecule has 0 aliphatic carbocycles. The summed E-state index contributed by atoms with van der Waals surface area (Å²) in [6.07, 6.45) is 2.03. The number of benzene rings is 2. The Morgan fingerprint density at radius 2 is 1.77 bits per heavy atom. The molecule has 22 heavy (non-hydrogen) atoms. The van der Waals surface area contributed by atoms with Gasteiger partial charge in [-0.3, -0.25) is 0 Å². The van der Waals surface area contributed by atoms with Crippen LogP contribution in [0.5, 0.6) is 0 Å². The van der Waals surface area contributed by atoms with Gasteiger partial charge in [-0.1, -0.05) is 35.4 Å². The first-order chi connectivity index (χ1) is 10.8. The van der Waals surface area contributed by atoms with Crippen molar-refractivity contribution in [1.82, 2.24) is 20.2 Å². The molecule has 0 bridgehead atoms. The van der Waals surface area contributed by atoms with Gasteiger partial charge in [0.2, 0.25) is 5.95 Å². The number of anilines is 1. The van der Waals surface area contributed by atoms with E-state index >= 15 is 0 Å². The first-order valence-corrected chi connectivity index (χ1v) is 6.89. The Balaban J connectivity index is 1.81. The molecule has 5 nitrogen and oxygen atoms in total. The van der Waals surface area contributed by atoms with Crippen molar-refractivity contribution in [3.05, 3.63) is 77.6 Å². The van der Waals surface area contributed by atoms with Crippen molar-refractivity contribution < 1.29 is 4.39 Å². The highest BCUT2D eigenvalue weighted by atomic mass is 19.1. The van der Waals surface area contributed by atoms with Crippen molar-refractivity contribution in [1.29, 1.82) is 0 Å². The molecule has 1 aliphatic rings. The van der Waals surface area contributed by atoms with Gasteiger partial charge < -0.3 is 5.32 Å². The highest BCUT2D eigenvalue weighted by Gasteiger charge is 2.23. The van der Waals surface area contributed by atoms with Gasteiger partial charge in [0.05, 0.1) is 0 Å². The monoisotopic (exact) mass is 293 g/mol. The molecule has 3 aromatic rings. The van der Waals surface area contributed by atoms with Gasteiger partial charge in [0.15, 0.2) is 0 Å². The first-order valence-electron chi connectivity index (χ1n) is 6.89. The number of tetrazole rings is 1. The van der Waals surface area contributed by atoms with Crippen molar-refractivity contribution >= 4 is 11.6 Å². The molecule has 1 aliphatic heterocycles. The van der Waals surface area contributed by atoms with Crippen LogP contribution in [-0.4, -0.2) is 20.2 Å². The number of halogens is 1. The molecule has 2 heterocycles. The van der Waals surface area contributed by atoms with Gasteiger partial charge in [-0.2, -0.15) is 4.68 Å². The van der Waals surface area contributed by atoms with E-state index in [2.05, 4.69) is 20.8 Å². The Kier molecular flexibility index (Phi) is 2.93. The van der Waals surface area contributed by atoms with Crippen LogP contribution in [0.2, 0.25) is 0 Å². The highest BCUT2D eigenvalue weighted by molar-refractivity contribution is 5.76. The molecular formula is C16H12FN5. The van der Waals surface area contributed by atoms with Crippen LogP contribution in [-0.2, 0) is 0 Å². The summed E-state index contributed by atoms with van der Waals surface area (Å²) < 4.78 is 14.8. The zero-order chi connectivity index (χ0) is 14.9. The second kappa shape index (κ2) is 5.07. The lowest BCUT2D eigenvalue weighted by atomic mass is 10.0. The minimum atomic E-state index is -0.260. The standard InChI is InChI=1S/C16H12FN5/c17-13-8-6-11(7-9-13)14-10-15(12-4-2-1-3-5-12)22-16(18-14)19-20-21-22/h1-10,15H,(H,18,19,21)/t15-/m1/s1. The van der Waals surface area contributed by atoms with E-state index in [-0.39, 0.29) is 11.9 Å². The van der Waals surface area contributed by atoms with Crippen molar-refractivity contribution in [2.24, 2.45) is 0 Å². The molecule has 0 saturated heterocycles. The lowest BCUT2D eigenvalue weighted by Gasteiger charge is -2.23. The lowest BCUT2D eigenvalue weighted by molar-refractivity contribution is 0.586. The van der Waals surface area contributed by atoms with E-state index in [1.54, 1.807) is 16.8 Å². The zero-order valence-electron chi connectivity index (χ0n) is 11.5. The van der Waals surface area contributed by atoms with Gasteiger partial charge in [0.25, 0.3) is 0 Å². The van der Waals surface area contributed by atoms with E-state index in [1.165, 1.54) is 12.1 Å². The van der Waals surface area contributed by atoms with Crippen LogP contribution in [0.1, 0.15) is 17.2 Å². The van der Waals surface area contributed by atoms with Crippen LogP contribution >= 0.6 is 0 Å². The molecule has 1 N–H and O–H groups in total. The predicted molar refractivity (Wildman–Crippen MR) is 80.4 cm³/mol. The van der Waals surface area contributed by atoms with Crippen LogP contribution in [0.25, 0.3) is 5.70 Å². The van der Waals surface area contributed by atoms with Gasteiger partial charge in [-0.25, -0.2) is 4.39 Å². The molecule has 0 radical (unpaired) electrons. The average molecular weight is 293 g/mol. The molecule has 0 amide bonds. The van der Waals surface area contributed by atoms with E-state index in [4.69, 9.17) is 0 Å². The summed E-state index contributed by atoms with van der Waals surface area (Å²) >= 11 is 0. The van der Waals surface area contributed by atoms with Gasteiger partial charge in [-0.05, 0) is 51.9 Å². The Bertz CT molecular complexity index is 823. The number of hydrogen-bond acceptors (Lipinski definition) is 4. The van der Waals surface area contributed by atoms with E-state index in [1.807, 2.05) is 36.4 Å². The fourth-order valence-corrected chi connectivity index (χ4v) is 2.54. The third-order valence-corrected chi connectivity index (χ3v) is 3.62. The minimum Gasteiger partial charge on any atom is -0.323 e. The maximum atomic E-state index is 13.1. The summed E-state index contributed by atoms with van der Waals surface area (Å²) in [6, 6.07) is 16.2. The second-order valence-electron chi connectivity index (χ2n) is 5.01. The molecule has 0 unspecified atom stereocenters. The largest absolute Gasteiger partial charge is 0.323 e.